The molecule has 28 heavy (non-hydrogen) atoms. The Balaban J connectivity index is 0.00000392. The highest BCUT2D eigenvalue weighted by Gasteiger charge is 2.22. The molecule has 2 aromatic carbocycles. The van der Waals surface area contributed by atoms with E-state index in [1.165, 1.54) is 0 Å². The number of hydrogen-bond donors (Lipinski definition) is 1. The Morgan fingerprint density at radius 2 is 1.54 bits per heavy atom. The van der Waals surface area contributed by atoms with E-state index < -0.39 is 0 Å². The number of benzene rings is 2. The number of likely N-dealkylation sites (N-methyl/N-ethyl adjacent to an activating group) is 1. The SMILES string of the molecule is CCN(CC)CCN(C(=O)Nc1c(C)cccc1Cl)c1c(C)cccc1Cl.[Cl-].[H+]. The summed E-state index contributed by atoms with van der Waals surface area (Å²) in [6, 6.07) is 11.0. The van der Waals surface area contributed by atoms with Gasteiger partial charge in [0.25, 0.3) is 0 Å². The van der Waals surface area contributed by atoms with Crippen molar-refractivity contribution in [1.29, 1.82) is 0 Å². The van der Waals surface area contributed by atoms with E-state index in [9.17, 15) is 4.79 Å². The van der Waals surface area contributed by atoms with E-state index in [2.05, 4.69) is 24.1 Å². The van der Waals surface area contributed by atoms with Crippen molar-refractivity contribution in [3.8, 4) is 0 Å². The molecule has 4 nitrogen and oxygen atoms in total. The fraction of sp³-hybridized carbons (Fsp3) is 0.381. The molecule has 1 N–H and O–H groups in total. The van der Waals surface area contributed by atoms with E-state index in [0.717, 1.165) is 36.4 Å². The Hall–Kier alpha value is -1.46. The summed E-state index contributed by atoms with van der Waals surface area (Å²) < 4.78 is 0. The van der Waals surface area contributed by atoms with Gasteiger partial charge < -0.3 is 22.6 Å². The third-order valence-electron chi connectivity index (χ3n) is 4.69. The minimum absolute atomic E-state index is 0. The second-order valence-electron chi connectivity index (χ2n) is 6.45. The molecule has 0 fully saturated rings. The highest BCUT2D eigenvalue weighted by atomic mass is 35.5. The van der Waals surface area contributed by atoms with Crippen LogP contribution in [0.2, 0.25) is 10.0 Å². The molecular formula is C21H28Cl3N3O. The highest BCUT2D eigenvalue weighted by molar-refractivity contribution is 6.35. The highest BCUT2D eigenvalue weighted by Crippen LogP contribution is 2.31. The van der Waals surface area contributed by atoms with Crippen molar-refractivity contribution in [1.82, 2.24) is 4.90 Å². The topological polar surface area (TPSA) is 35.6 Å². The molecule has 0 heterocycles. The molecular weight excluding hydrogens is 417 g/mol. The third kappa shape index (κ3) is 6.02. The zero-order valence-electron chi connectivity index (χ0n) is 17.7. The van der Waals surface area contributed by atoms with Gasteiger partial charge in [-0.1, -0.05) is 61.3 Å². The Bertz CT molecular complexity index is 760. The van der Waals surface area contributed by atoms with Gasteiger partial charge in [-0.3, -0.25) is 4.90 Å². The lowest BCUT2D eigenvalue weighted by atomic mass is 10.1. The number of amides is 2. The molecule has 0 radical (unpaired) electrons. The number of para-hydroxylation sites is 2. The number of nitrogens with one attached hydrogen (secondary N) is 1. The Labute approximate surface area is 185 Å². The first-order valence-corrected chi connectivity index (χ1v) is 9.95. The van der Waals surface area contributed by atoms with Crippen LogP contribution >= 0.6 is 23.2 Å². The van der Waals surface area contributed by atoms with E-state index in [1.54, 1.807) is 11.0 Å². The standard InChI is InChI=1S/C21H27Cl2N3O.ClH/c1-5-25(6-2)13-14-26(20-16(4)10-8-12-18(20)23)21(27)24-19-15(3)9-7-11-17(19)22;/h7-12H,5-6,13-14H2,1-4H3,(H,24,27);1H. The average Bonchev–Trinajstić information content (AvgIpc) is 2.63. The molecule has 0 saturated heterocycles. The minimum atomic E-state index is -0.241. The van der Waals surface area contributed by atoms with Gasteiger partial charge in [0, 0.05) is 13.1 Å². The number of rotatable bonds is 7. The van der Waals surface area contributed by atoms with Crippen LogP contribution in [0.4, 0.5) is 16.2 Å². The molecule has 2 rings (SSSR count). The normalized spacial score (nSPS) is 10.5. The number of carbonyl (C=O) groups is 1. The van der Waals surface area contributed by atoms with Crippen LogP contribution in [0, 0.1) is 13.8 Å². The summed E-state index contributed by atoms with van der Waals surface area (Å²) in [6.07, 6.45) is 0. The Morgan fingerprint density at radius 1 is 0.964 bits per heavy atom. The van der Waals surface area contributed by atoms with Gasteiger partial charge in [-0.25, -0.2) is 4.79 Å². The molecule has 0 bridgehead atoms. The minimum Gasteiger partial charge on any atom is -1.00 e. The lowest BCUT2D eigenvalue weighted by molar-refractivity contribution is -0.00000837. The maximum absolute atomic E-state index is 13.2. The van der Waals surface area contributed by atoms with Gasteiger partial charge in [0.1, 0.15) is 0 Å². The molecule has 0 saturated carbocycles. The first-order chi connectivity index (χ1) is 12.9. The van der Waals surface area contributed by atoms with Crippen LogP contribution in [0.3, 0.4) is 0 Å². The predicted octanol–water partition coefficient (Wildman–Crippen LogP) is 3.11. The van der Waals surface area contributed by atoms with E-state index in [-0.39, 0.29) is 19.9 Å². The maximum atomic E-state index is 13.2. The van der Waals surface area contributed by atoms with Crippen LogP contribution in [0.15, 0.2) is 36.4 Å². The molecule has 0 aliphatic carbocycles. The molecule has 0 aliphatic rings. The van der Waals surface area contributed by atoms with Crippen molar-refractivity contribution in [3.63, 3.8) is 0 Å². The van der Waals surface area contributed by atoms with Crippen LogP contribution < -0.4 is 22.6 Å². The maximum Gasteiger partial charge on any atom is 1.00 e. The van der Waals surface area contributed by atoms with Gasteiger partial charge in [-0.05, 0) is 50.2 Å². The molecule has 7 heteroatoms. The fourth-order valence-electron chi connectivity index (χ4n) is 3.03. The molecule has 2 amide bonds. The first kappa shape index (κ1) is 24.6. The molecule has 154 valence electrons. The number of hydrogen-bond acceptors (Lipinski definition) is 2. The van der Waals surface area contributed by atoms with Crippen LogP contribution in [-0.4, -0.2) is 37.1 Å². The number of nitrogens with zero attached hydrogens (tertiary/aromatic N) is 2. The van der Waals surface area contributed by atoms with Crippen LogP contribution in [0.5, 0.6) is 0 Å². The Morgan fingerprint density at radius 3 is 2.07 bits per heavy atom. The quantitative estimate of drug-likeness (QED) is 0.712. The second kappa shape index (κ2) is 11.5. The summed E-state index contributed by atoms with van der Waals surface area (Å²) in [5, 5.41) is 4.04. The lowest BCUT2D eigenvalue weighted by Crippen LogP contribution is -3.00. The average molecular weight is 445 g/mol. The number of urea groups is 1. The zero-order valence-corrected chi connectivity index (χ0v) is 19.0. The van der Waals surface area contributed by atoms with E-state index >= 15 is 0 Å². The number of aryl methyl sites for hydroxylation is 2. The van der Waals surface area contributed by atoms with Crippen molar-refractivity contribution in [3.05, 3.63) is 57.6 Å². The summed E-state index contributed by atoms with van der Waals surface area (Å²) in [6.45, 7) is 11.2. The molecule has 0 spiro atoms. The van der Waals surface area contributed by atoms with Crippen molar-refractivity contribution in [2.45, 2.75) is 27.7 Å². The third-order valence-corrected chi connectivity index (χ3v) is 5.31. The second-order valence-corrected chi connectivity index (χ2v) is 7.26. The van der Waals surface area contributed by atoms with Crippen LogP contribution in [0.1, 0.15) is 26.4 Å². The van der Waals surface area contributed by atoms with Crippen LogP contribution in [0.25, 0.3) is 0 Å². The smallest absolute Gasteiger partial charge is 1.00 e. The molecule has 0 aromatic heterocycles. The summed E-state index contributed by atoms with van der Waals surface area (Å²) in [7, 11) is 0. The summed E-state index contributed by atoms with van der Waals surface area (Å²) in [5.41, 5.74) is 3.22. The number of carbonyl (C=O) groups excluding carboxylic acids is 1. The molecule has 0 unspecified atom stereocenters. The van der Waals surface area contributed by atoms with Gasteiger partial charge in [-0.15, -0.1) is 0 Å². The monoisotopic (exact) mass is 443 g/mol. The van der Waals surface area contributed by atoms with E-state index in [0.29, 0.717) is 22.3 Å². The van der Waals surface area contributed by atoms with Crippen molar-refractivity contribution < 1.29 is 18.6 Å². The largest absolute Gasteiger partial charge is 1.00 e. The van der Waals surface area contributed by atoms with Gasteiger partial charge in [0.15, 0.2) is 0 Å². The van der Waals surface area contributed by atoms with Gasteiger partial charge in [-0.2, -0.15) is 0 Å². The number of anilines is 2. The van der Waals surface area contributed by atoms with Gasteiger partial charge >= 0.3 is 7.46 Å². The predicted molar refractivity (Wildman–Crippen MR) is 118 cm³/mol. The van der Waals surface area contributed by atoms with Crippen molar-refractivity contribution in [2.75, 3.05) is 36.4 Å². The molecule has 0 atom stereocenters. The summed E-state index contributed by atoms with van der Waals surface area (Å²) in [5.74, 6) is 0. The molecule has 0 aliphatic heterocycles. The van der Waals surface area contributed by atoms with Gasteiger partial charge in [0.2, 0.25) is 0 Å². The van der Waals surface area contributed by atoms with Crippen molar-refractivity contribution in [2.24, 2.45) is 0 Å². The van der Waals surface area contributed by atoms with E-state index in [4.69, 9.17) is 23.2 Å². The van der Waals surface area contributed by atoms with Gasteiger partial charge in [0.05, 0.1) is 21.4 Å². The van der Waals surface area contributed by atoms with Crippen molar-refractivity contribution >= 4 is 40.6 Å². The van der Waals surface area contributed by atoms with E-state index in [1.807, 2.05) is 44.2 Å². The Kier molecular flexibility index (Phi) is 10.1. The summed E-state index contributed by atoms with van der Waals surface area (Å²) in [4.78, 5) is 17.2. The first-order valence-electron chi connectivity index (χ1n) is 9.20. The lowest BCUT2D eigenvalue weighted by Gasteiger charge is -2.29. The number of halogens is 3. The fourth-order valence-corrected chi connectivity index (χ4v) is 3.62. The van der Waals surface area contributed by atoms with Crippen LogP contribution in [-0.2, 0) is 0 Å². The zero-order chi connectivity index (χ0) is 20.0. The molecule has 2 aromatic rings. The summed E-state index contributed by atoms with van der Waals surface area (Å²) >= 11 is 12.7.